The highest BCUT2D eigenvalue weighted by molar-refractivity contribution is 5.76. The molecule has 2 amide bonds. The Kier molecular flexibility index (Phi) is 3.67. The first-order valence-electron chi connectivity index (χ1n) is 7.85. The minimum Gasteiger partial charge on any atom is -0.380 e. The van der Waals surface area contributed by atoms with Gasteiger partial charge < -0.3 is 19.5 Å². The fourth-order valence-electron chi connectivity index (χ4n) is 4.16. The summed E-state index contributed by atoms with van der Waals surface area (Å²) < 4.78 is 10.5. The molecule has 1 aromatic rings. The summed E-state index contributed by atoms with van der Waals surface area (Å²) in [7, 11) is 1.74. The van der Waals surface area contributed by atoms with Crippen LogP contribution in [0.5, 0.6) is 0 Å². The van der Waals surface area contributed by atoms with Gasteiger partial charge in [0.25, 0.3) is 0 Å². The summed E-state index contributed by atoms with van der Waals surface area (Å²) in [4.78, 5) is 14.2. The second-order valence-electron chi connectivity index (χ2n) is 7.25. The third-order valence-electron chi connectivity index (χ3n) is 5.41. The van der Waals surface area contributed by atoms with Crippen LogP contribution in [-0.2, 0) is 4.74 Å². The largest absolute Gasteiger partial charge is 0.380 e. The molecule has 0 bridgehead atoms. The number of carbonyl (C=O) groups is 1. The van der Waals surface area contributed by atoms with Crippen LogP contribution in [0.2, 0.25) is 0 Å². The van der Waals surface area contributed by atoms with E-state index in [2.05, 4.69) is 31.2 Å². The molecule has 2 fully saturated rings. The summed E-state index contributed by atoms with van der Waals surface area (Å²) in [6.45, 7) is 9.80. The first-order valence-corrected chi connectivity index (χ1v) is 7.85. The Hall–Kier alpha value is -1.56. The Morgan fingerprint density at radius 2 is 2.18 bits per heavy atom. The van der Waals surface area contributed by atoms with Crippen molar-refractivity contribution in [3.05, 3.63) is 17.5 Å². The molecule has 2 heterocycles. The summed E-state index contributed by atoms with van der Waals surface area (Å²) in [5, 5.41) is 7.19. The highest BCUT2D eigenvalue weighted by Crippen LogP contribution is 2.47. The maximum atomic E-state index is 12.4. The van der Waals surface area contributed by atoms with Crippen molar-refractivity contribution in [2.24, 2.45) is 11.3 Å². The van der Waals surface area contributed by atoms with Gasteiger partial charge in [-0.2, -0.15) is 0 Å². The quantitative estimate of drug-likeness (QED) is 0.929. The maximum absolute atomic E-state index is 12.4. The van der Waals surface area contributed by atoms with Gasteiger partial charge in [0.2, 0.25) is 0 Å². The molecule has 1 saturated heterocycles. The summed E-state index contributed by atoms with van der Waals surface area (Å²) in [5.74, 6) is 0.627. The molecule has 6 nitrogen and oxygen atoms in total. The van der Waals surface area contributed by atoms with Crippen molar-refractivity contribution >= 4 is 6.03 Å². The van der Waals surface area contributed by atoms with E-state index in [-0.39, 0.29) is 23.6 Å². The van der Waals surface area contributed by atoms with Crippen molar-refractivity contribution in [1.82, 2.24) is 15.4 Å². The summed E-state index contributed by atoms with van der Waals surface area (Å²) in [6, 6.07) is 0.162. The molecule has 3 atom stereocenters. The van der Waals surface area contributed by atoms with Crippen molar-refractivity contribution < 1.29 is 14.1 Å². The highest BCUT2D eigenvalue weighted by Gasteiger charge is 2.55. The van der Waals surface area contributed by atoms with E-state index in [1.54, 1.807) is 13.4 Å². The monoisotopic (exact) mass is 307 g/mol. The Balaban J connectivity index is 1.54. The lowest BCUT2D eigenvalue weighted by molar-refractivity contribution is -0.141. The van der Waals surface area contributed by atoms with Crippen molar-refractivity contribution in [3.63, 3.8) is 0 Å². The number of likely N-dealkylation sites (tertiary alicyclic amines) is 1. The Morgan fingerprint density at radius 3 is 2.68 bits per heavy atom. The smallest absolute Gasteiger partial charge is 0.317 e. The lowest BCUT2D eigenvalue weighted by atomic mass is 9.58. The SMILES string of the molecule is COC1C(C)C(NC(=O)N2CC(c3nocc3C)C2)C1(C)C. The molecule has 3 rings (SSSR count). The topological polar surface area (TPSA) is 67.6 Å². The van der Waals surface area contributed by atoms with Crippen LogP contribution >= 0.6 is 0 Å². The highest BCUT2D eigenvalue weighted by atomic mass is 16.5. The zero-order chi connectivity index (χ0) is 16.1. The molecule has 6 heteroatoms. The summed E-state index contributed by atoms with van der Waals surface area (Å²) in [5.41, 5.74) is 2.00. The van der Waals surface area contributed by atoms with Crippen LogP contribution in [0.3, 0.4) is 0 Å². The minimum atomic E-state index is -0.0310. The number of ether oxygens (including phenoxy) is 1. The number of amides is 2. The van der Waals surface area contributed by atoms with Crippen LogP contribution in [0.1, 0.15) is 37.9 Å². The van der Waals surface area contributed by atoms with Crippen molar-refractivity contribution in [1.29, 1.82) is 0 Å². The number of carbonyl (C=O) groups excluding carboxylic acids is 1. The number of methoxy groups -OCH3 is 1. The molecule has 122 valence electrons. The first kappa shape index (κ1) is 15.3. The zero-order valence-corrected chi connectivity index (χ0v) is 13.9. The van der Waals surface area contributed by atoms with Gasteiger partial charge in [0.05, 0.1) is 11.8 Å². The van der Waals surface area contributed by atoms with Gasteiger partial charge in [0.15, 0.2) is 0 Å². The molecule has 1 aliphatic heterocycles. The van der Waals surface area contributed by atoms with E-state index >= 15 is 0 Å². The zero-order valence-electron chi connectivity index (χ0n) is 13.9. The molecule has 1 N–H and O–H groups in total. The molecular formula is C16H25N3O3. The fourth-order valence-corrected chi connectivity index (χ4v) is 4.16. The van der Waals surface area contributed by atoms with E-state index in [0.29, 0.717) is 24.9 Å². The van der Waals surface area contributed by atoms with E-state index in [1.165, 1.54) is 0 Å². The molecule has 1 aromatic heterocycles. The standard InChI is InChI=1S/C16H25N3O3/c1-9-8-22-18-12(9)11-6-19(7-11)15(20)17-13-10(2)14(21-5)16(13,3)4/h8,10-11,13-14H,6-7H2,1-5H3,(H,17,20). The van der Waals surface area contributed by atoms with Gasteiger partial charge in [-0.15, -0.1) is 0 Å². The lowest BCUT2D eigenvalue weighted by Gasteiger charge is -2.57. The maximum Gasteiger partial charge on any atom is 0.317 e. The van der Waals surface area contributed by atoms with Gasteiger partial charge in [-0.25, -0.2) is 4.79 Å². The number of nitrogens with one attached hydrogen (secondary N) is 1. The molecule has 1 aliphatic carbocycles. The van der Waals surface area contributed by atoms with Crippen LogP contribution in [0.4, 0.5) is 4.79 Å². The van der Waals surface area contributed by atoms with Crippen LogP contribution in [0.15, 0.2) is 10.8 Å². The van der Waals surface area contributed by atoms with E-state index in [1.807, 2.05) is 11.8 Å². The molecule has 2 aliphatic rings. The van der Waals surface area contributed by atoms with Crippen LogP contribution in [0, 0.1) is 18.3 Å². The van der Waals surface area contributed by atoms with Crippen LogP contribution < -0.4 is 5.32 Å². The molecule has 3 unspecified atom stereocenters. The van der Waals surface area contributed by atoms with E-state index < -0.39 is 0 Å². The van der Waals surface area contributed by atoms with E-state index in [9.17, 15) is 4.79 Å². The second kappa shape index (κ2) is 5.26. The fraction of sp³-hybridized carbons (Fsp3) is 0.750. The van der Waals surface area contributed by atoms with Gasteiger partial charge in [-0.05, 0) is 6.92 Å². The predicted molar refractivity (Wildman–Crippen MR) is 81.6 cm³/mol. The number of aromatic nitrogens is 1. The summed E-state index contributed by atoms with van der Waals surface area (Å²) >= 11 is 0. The third-order valence-corrected chi connectivity index (χ3v) is 5.41. The third kappa shape index (κ3) is 2.20. The number of rotatable bonds is 3. The van der Waals surface area contributed by atoms with Gasteiger partial charge >= 0.3 is 6.03 Å². The van der Waals surface area contributed by atoms with E-state index in [0.717, 1.165) is 11.3 Å². The average Bonchev–Trinajstić information content (AvgIpc) is 2.81. The molecular weight excluding hydrogens is 282 g/mol. The number of hydrogen-bond acceptors (Lipinski definition) is 4. The van der Waals surface area contributed by atoms with Crippen LogP contribution in [0.25, 0.3) is 0 Å². The molecule has 0 spiro atoms. The number of hydrogen-bond donors (Lipinski definition) is 1. The number of aryl methyl sites for hydroxylation is 1. The number of nitrogens with zero attached hydrogens (tertiary/aromatic N) is 2. The van der Waals surface area contributed by atoms with Gasteiger partial charge in [-0.3, -0.25) is 0 Å². The van der Waals surface area contributed by atoms with Crippen molar-refractivity contribution in [2.45, 2.75) is 45.8 Å². The second-order valence-corrected chi connectivity index (χ2v) is 7.25. The minimum absolute atomic E-state index is 0.0110. The number of urea groups is 1. The Bertz CT molecular complexity index is 563. The van der Waals surface area contributed by atoms with Gasteiger partial charge in [0, 0.05) is 49.1 Å². The van der Waals surface area contributed by atoms with Gasteiger partial charge in [0.1, 0.15) is 6.26 Å². The average molecular weight is 307 g/mol. The van der Waals surface area contributed by atoms with Crippen molar-refractivity contribution in [2.75, 3.05) is 20.2 Å². The first-order chi connectivity index (χ1) is 10.4. The summed E-state index contributed by atoms with van der Waals surface area (Å²) in [6.07, 6.45) is 1.85. The molecule has 1 saturated carbocycles. The Morgan fingerprint density at radius 1 is 1.50 bits per heavy atom. The van der Waals surface area contributed by atoms with E-state index in [4.69, 9.17) is 9.26 Å². The Labute approximate surface area is 131 Å². The van der Waals surface area contributed by atoms with Crippen molar-refractivity contribution in [3.8, 4) is 0 Å². The normalized spacial score (nSPS) is 30.6. The predicted octanol–water partition coefficient (Wildman–Crippen LogP) is 2.15. The lowest BCUT2D eigenvalue weighted by Crippen LogP contribution is -2.69. The van der Waals surface area contributed by atoms with Crippen LogP contribution in [-0.4, -0.2) is 48.4 Å². The molecule has 0 aromatic carbocycles. The molecule has 22 heavy (non-hydrogen) atoms. The van der Waals surface area contributed by atoms with Gasteiger partial charge in [-0.1, -0.05) is 25.9 Å². The molecule has 0 radical (unpaired) electrons.